The van der Waals surface area contributed by atoms with Gasteiger partial charge in [-0.25, -0.2) is 13.1 Å². The second-order valence-corrected chi connectivity index (χ2v) is 8.56. The SMILES string of the molecule is CSC(C)(C)CNS(=O)(=O)c1ccc2c(c1)NCC2. The van der Waals surface area contributed by atoms with Crippen molar-refractivity contribution in [2.75, 3.05) is 24.7 Å². The summed E-state index contributed by atoms with van der Waals surface area (Å²) in [5.41, 5.74) is 2.12. The number of rotatable bonds is 5. The summed E-state index contributed by atoms with van der Waals surface area (Å²) in [6, 6.07) is 5.29. The molecule has 0 aliphatic carbocycles. The van der Waals surface area contributed by atoms with Crippen LogP contribution in [-0.2, 0) is 16.4 Å². The summed E-state index contributed by atoms with van der Waals surface area (Å²) in [5.74, 6) is 0. The molecule has 4 nitrogen and oxygen atoms in total. The van der Waals surface area contributed by atoms with Crippen molar-refractivity contribution >= 4 is 27.5 Å². The topological polar surface area (TPSA) is 58.2 Å². The molecule has 0 bridgehead atoms. The van der Waals surface area contributed by atoms with Crippen molar-refractivity contribution in [1.82, 2.24) is 4.72 Å². The molecule has 1 aromatic carbocycles. The van der Waals surface area contributed by atoms with Gasteiger partial charge in [-0.2, -0.15) is 11.8 Å². The van der Waals surface area contributed by atoms with Gasteiger partial charge in [-0.05, 0) is 44.2 Å². The largest absolute Gasteiger partial charge is 0.384 e. The van der Waals surface area contributed by atoms with Crippen molar-refractivity contribution in [2.45, 2.75) is 29.9 Å². The fourth-order valence-electron chi connectivity index (χ4n) is 1.86. The lowest BCUT2D eigenvalue weighted by atomic mass is 10.2. The van der Waals surface area contributed by atoms with Crippen LogP contribution in [0, 0.1) is 0 Å². The molecule has 2 N–H and O–H groups in total. The zero-order chi connectivity index (χ0) is 14.1. The van der Waals surface area contributed by atoms with Crippen LogP contribution in [-0.4, -0.2) is 32.5 Å². The fourth-order valence-corrected chi connectivity index (χ4v) is 3.41. The van der Waals surface area contributed by atoms with Crippen molar-refractivity contribution in [2.24, 2.45) is 0 Å². The Morgan fingerprint density at radius 1 is 1.42 bits per heavy atom. The average Bonchev–Trinajstić information content (AvgIpc) is 2.84. The molecule has 0 atom stereocenters. The molecule has 0 radical (unpaired) electrons. The summed E-state index contributed by atoms with van der Waals surface area (Å²) < 4.78 is 27.1. The Morgan fingerprint density at radius 3 is 2.84 bits per heavy atom. The summed E-state index contributed by atoms with van der Waals surface area (Å²) in [7, 11) is -3.43. The minimum Gasteiger partial charge on any atom is -0.384 e. The number of benzene rings is 1. The summed E-state index contributed by atoms with van der Waals surface area (Å²) in [5, 5.41) is 3.20. The first kappa shape index (κ1) is 14.7. The van der Waals surface area contributed by atoms with Crippen LogP contribution < -0.4 is 10.0 Å². The van der Waals surface area contributed by atoms with E-state index in [1.54, 1.807) is 23.9 Å². The molecular weight excluding hydrogens is 280 g/mol. The lowest BCUT2D eigenvalue weighted by Crippen LogP contribution is -2.36. The molecule has 0 fully saturated rings. The normalized spacial score (nSPS) is 15.1. The van der Waals surface area contributed by atoms with Gasteiger partial charge in [-0.3, -0.25) is 0 Å². The van der Waals surface area contributed by atoms with E-state index in [1.165, 1.54) is 5.56 Å². The molecule has 0 spiro atoms. The molecule has 1 aromatic rings. The molecule has 0 unspecified atom stereocenters. The summed E-state index contributed by atoms with van der Waals surface area (Å²) in [6.07, 6.45) is 2.94. The van der Waals surface area contributed by atoms with Gasteiger partial charge in [0.05, 0.1) is 4.90 Å². The van der Waals surface area contributed by atoms with Crippen molar-refractivity contribution in [1.29, 1.82) is 0 Å². The van der Waals surface area contributed by atoms with Gasteiger partial charge in [0.1, 0.15) is 0 Å². The van der Waals surface area contributed by atoms with Crippen molar-refractivity contribution in [3.8, 4) is 0 Å². The number of fused-ring (bicyclic) bond motifs is 1. The highest BCUT2D eigenvalue weighted by Crippen LogP contribution is 2.26. The van der Waals surface area contributed by atoms with Crippen LogP contribution in [0.2, 0.25) is 0 Å². The van der Waals surface area contributed by atoms with Crippen LogP contribution >= 0.6 is 11.8 Å². The van der Waals surface area contributed by atoms with Gasteiger partial charge in [-0.1, -0.05) is 6.07 Å². The smallest absolute Gasteiger partial charge is 0.240 e. The van der Waals surface area contributed by atoms with Gasteiger partial charge in [0.25, 0.3) is 0 Å². The van der Waals surface area contributed by atoms with E-state index in [0.717, 1.165) is 18.7 Å². The summed E-state index contributed by atoms with van der Waals surface area (Å²) in [6.45, 7) is 5.33. The number of thioether (sulfide) groups is 1. The number of sulfonamides is 1. The fraction of sp³-hybridized carbons (Fsp3) is 0.538. The lowest BCUT2D eigenvalue weighted by molar-refractivity contribution is 0.571. The molecule has 106 valence electrons. The molecule has 0 amide bonds. The van der Waals surface area contributed by atoms with E-state index in [0.29, 0.717) is 11.4 Å². The zero-order valence-corrected chi connectivity index (χ0v) is 13.1. The van der Waals surface area contributed by atoms with E-state index >= 15 is 0 Å². The van der Waals surface area contributed by atoms with Crippen molar-refractivity contribution in [3.63, 3.8) is 0 Å². The van der Waals surface area contributed by atoms with E-state index in [4.69, 9.17) is 0 Å². The monoisotopic (exact) mass is 300 g/mol. The zero-order valence-electron chi connectivity index (χ0n) is 11.5. The number of anilines is 1. The molecule has 19 heavy (non-hydrogen) atoms. The molecular formula is C13H20N2O2S2. The Labute approximate surface area is 119 Å². The third kappa shape index (κ3) is 3.43. The molecule has 0 saturated heterocycles. The maximum Gasteiger partial charge on any atom is 0.240 e. The molecule has 1 aliphatic rings. The van der Waals surface area contributed by atoms with Crippen LogP contribution in [0.15, 0.2) is 23.1 Å². The van der Waals surface area contributed by atoms with Gasteiger partial charge in [0.2, 0.25) is 10.0 Å². The van der Waals surface area contributed by atoms with Crippen LogP contribution in [0.25, 0.3) is 0 Å². The third-order valence-corrected chi connectivity index (χ3v) is 5.99. The van der Waals surface area contributed by atoms with E-state index in [-0.39, 0.29) is 4.75 Å². The van der Waals surface area contributed by atoms with E-state index in [9.17, 15) is 8.42 Å². The quantitative estimate of drug-likeness (QED) is 0.874. The van der Waals surface area contributed by atoms with Crippen LogP contribution in [0.3, 0.4) is 0 Å². The van der Waals surface area contributed by atoms with Gasteiger partial charge in [0.15, 0.2) is 0 Å². The van der Waals surface area contributed by atoms with Gasteiger partial charge < -0.3 is 5.32 Å². The Morgan fingerprint density at radius 2 is 2.16 bits per heavy atom. The number of nitrogens with one attached hydrogen (secondary N) is 2. The predicted molar refractivity (Wildman–Crippen MR) is 81.4 cm³/mol. The van der Waals surface area contributed by atoms with Gasteiger partial charge in [-0.15, -0.1) is 0 Å². The summed E-state index contributed by atoms with van der Waals surface area (Å²) >= 11 is 1.64. The summed E-state index contributed by atoms with van der Waals surface area (Å²) in [4.78, 5) is 0.331. The Hall–Kier alpha value is -0.720. The molecule has 1 heterocycles. The molecule has 6 heteroatoms. The van der Waals surface area contributed by atoms with Crippen LogP contribution in [0.5, 0.6) is 0 Å². The second kappa shape index (κ2) is 5.34. The Balaban J connectivity index is 2.16. The van der Waals surface area contributed by atoms with Crippen molar-refractivity contribution in [3.05, 3.63) is 23.8 Å². The van der Waals surface area contributed by atoms with E-state index in [2.05, 4.69) is 10.0 Å². The minimum absolute atomic E-state index is 0.109. The first-order chi connectivity index (χ1) is 8.84. The predicted octanol–water partition coefficient (Wildman–Crippen LogP) is 2.07. The third-order valence-electron chi connectivity index (χ3n) is 3.34. The average molecular weight is 300 g/mol. The minimum atomic E-state index is -3.43. The number of hydrogen-bond donors (Lipinski definition) is 2. The highest BCUT2D eigenvalue weighted by Gasteiger charge is 2.22. The highest BCUT2D eigenvalue weighted by atomic mass is 32.2. The Bertz CT molecular complexity index is 568. The maximum atomic E-state index is 12.2. The van der Waals surface area contributed by atoms with Crippen molar-refractivity contribution < 1.29 is 8.42 Å². The van der Waals surface area contributed by atoms with Gasteiger partial charge >= 0.3 is 0 Å². The molecule has 0 aromatic heterocycles. The highest BCUT2D eigenvalue weighted by molar-refractivity contribution is 8.00. The van der Waals surface area contributed by atoms with Crippen LogP contribution in [0.1, 0.15) is 19.4 Å². The second-order valence-electron chi connectivity index (χ2n) is 5.28. The first-order valence-corrected chi connectivity index (χ1v) is 8.96. The lowest BCUT2D eigenvalue weighted by Gasteiger charge is -2.22. The molecule has 2 rings (SSSR count). The number of hydrogen-bond acceptors (Lipinski definition) is 4. The van der Waals surface area contributed by atoms with Crippen LogP contribution in [0.4, 0.5) is 5.69 Å². The van der Waals surface area contributed by atoms with E-state index in [1.807, 2.05) is 26.2 Å². The first-order valence-electron chi connectivity index (χ1n) is 6.26. The molecule has 0 saturated carbocycles. The Kier molecular flexibility index (Phi) is 4.13. The standard InChI is InChI=1S/C13H20N2O2S2/c1-13(2,18-3)9-15-19(16,17)11-5-4-10-6-7-14-12(10)8-11/h4-5,8,14-15H,6-7,9H2,1-3H3. The van der Waals surface area contributed by atoms with Gasteiger partial charge in [0, 0.05) is 23.5 Å². The maximum absolute atomic E-state index is 12.2. The van der Waals surface area contributed by atoms with E-state index < -0.39 is 10.0 Å². The molecule has 1 aliphatic heterocycles.